The van der Waals surface area contributed by atoms with Gasteiger partial charge in [0, 0.05) is 29.1 Å². The van der Waals surface area contributed by atoms with Crippen molar-refractivity contribution in [2.75, 3.05) is 17.3 Å². The SMILES string of the molecule is Cc1c([C@@H](C)Nc2nnc(C)c3cc4c(cc23)N(C)C(=O)C42CCCC2)cccc1C(F)(F)C(C)(C)O. The van der Waals surface area contributed by atoms with Gasteiger partial charge in [-0.05, 0) is 76.3 Å². The molecule has 1 atom stereocenters. The molecule has 2 heterocycles. The highest BCUT2D eigenvalue weighted by Gasteiger charge is 2.51. The number of alkyl halides is 2. The van der Waals surface area contributed by atoms with Gasteiger partial charge in [-0.2, -0.15) is 13.9 Å². The summed E-state index contributed by atoms with van der Waals surface area (Å²) in [5, 5.41) is 24.1. The monoisotopic (exact) mass is 508 g/mol. The molecule has 2 aliphatic rings. The van der Waals surface area contributed by atoms with Crippen LogP contribution in [0.25, 0.3) is 10.8 Å². The summed E-state index contributed by atoms with van der Waals surface area (Å²) >= 11 is 0. The number of rotatable bonds is 5. The fourth-order valence-electron chi connectivity index (χ4n) is 6.17. The zero-order valence-electron chi connectivity index (χ0n) is 22.2. The molecule has 0 bridgehead atoms. The second-order valence-electron chi connectivity index (χ2n) is 11.2. The topological polar surface area (TPSA) is 78.4 Å². The molecule has 1 aromatic heterocycles. The molecule has 2 aromatic carbocycles. The van der Waals surface area contributed by atoms with Gasteiger partial charge >= 0.3 is 5.92 Å². The van der Waals surface area contributed by atoms with Crippen LogP contribution in [0.5, 0.6) is 0 Å². The molecule has 1 aliphatic carbocycles. The van der Waals surface area contributed by atoms with Gasteiger partial charge in [-0.25, -0.2) is 0 Å². The van der Waals surface area contributed by atoms with Gasteiger partial charge in [0.05, 0.1) is 17.2 Å². The van der Waals surface area contributed by atoms with E-state index in [0.717, 1.165) is 67.2 Å². The van der Waals surface area contributed by atoms with Crippen LogP contribution >= 0.6 is 0 Å². The van der Waals surface area contributed by atoms with Crippen molar-refractivity contribution >= 4 is 28.2 Å². The number of aliphatic hydroxyl groups is 1. The third-order valence-corrected chi connectivity index (χ3v) is 8.43. The predicted octanol–water partition coefficient (Wildman–Crippen LogP) is 6.07. The lowest BCUT2D eigenvalue weighted by Crippen LogP contribution is -2.40. The molecule has 0 saturated heterocycles. The first-order valence-electron chi connectivity index (χ1n) is 12.9. The van der Waals surface area contributed by atoms with E-state index < -0.39 is 16.9 Å². The smallest absolute Gasteiger partial charge is 0.300 e. The van der Waals surface area contributed by atoms with Gasteiger partial charge in [0.1, 0.15) is 5.60 Å². The largest absolute Gasteiger partial charge is 0.384 e. The molecular weight excluding hydrogens is 474 g/mol. The number of nitrogens with one attached hydrogen (secondary N) is 1. The highest BCUT2D eigenvalue weighted by Crippen LogP contribution is 2.52. The van der Waals surface area contributed by atoms with Crippen molar-refractivity contribution in [2.45, 2.75) is 83.3 Å². The van der Waals surface area contributed by atoms with E-state index in [1.54, 1.807) is 24.0 Å². The molecule has 196 valence electrons. The number of hydrogen-bond acceptors (Lipinski definition) is 5. The minimum absolute atomic E-state index is 0.150. The van der Waals surface area contributed by atoms with E-state index in [1.165, 1.54) is 6.07 Å². The highest BCUT2D eigenvalue weighted by molar-refractivity contribution is 6.11. The molecule has 1 aliphatic heterocycles. The molecule has 2 N–H and O–H groups in total. The van der Waals surface area contributed by atoms with E-state index in [9.17, 15) is 9.90 Å². The Kier molecular flexibility index (Phi) is 5.83. The number of carbonyl (C=O) groups excluding carboxylic acids is 1. The Morgan fingerprint density at radius 2 is 1.78 bits per heavy atom. The van der Waals surface area contributed by atoms with Crippen molar-refractivity contribution in [3.05, 3.63) is 58.3 Å². The summed E-state index contributed by atoms with van der Waals surface area (Å²) in [5.74, 6) is -2.74. The molecule has 37 heavy (non-hydrogen) atoms. The fourth-order valence-corrected chi connectivity index (χ4v) is 6.17. The average molecular weight is 509 g/mol. The first-order valence-corrected chi connectivity index (χ1v) is 12.9. The maximum absolute atomic E-state index is 15.0. The fraction of sp³-hybridized carbons (Fsp3) is 0.483. The summed E-state index contributed by atoms with van der Waals surface area (Å²) in [6, 6.07) is 8.49. The van der Waals surface area contributed by atoms with Gasteiger partial charge in [-0.1, -0.05) is 31.0 Å². The maximum Gasteiger partial charge on any atom is 0.300 e. The Bertz CT molecular complexity index is 1410. The average Bonchev–Trinajstić information content (AvgIpc) is 3.40. The van der Waals surface area contributed by atoms with Crippen molar-refractivity contribution in [3.8, 4) is 0 Å². The normalized spacial score (nSPS) is 18.1. The number of anilines is 2. The van der Waals surface area contributed by atoms with E-state index in [-0.39, 0.29) is 17.5 Å². The first-order chi connectivity index (χ1) is 17.3. The van der Waals surface area contributed by atoms with Crippen molar-refractivity contribution in [1.29, 1.82) is 0 Å². The number of likely N-dealkylation sites (N-methyl/N-ethyl adjacent to an activating group) is 1. The minimum atomic E-state index is -3.42. The number of benzene rings is 2. The van der Waals surface area contributed by atoms with Crippen LogP contribution in [0, 0.1) is 13.8 Å². The molecule has 6 nitrogen and oxygen atoms in total. The summed E-state index contributed by atoms with van der Waals surface area (Å²) in [6.45, 7) is 7.67. The lowest BCUT2D eigenvalue weighted by Gasteiger charge is -2.31. The van der Waals surface area contributed by atoms with Crippen molar-refractivity contribution in [1.82, 2.24) is 10.2 Å². The molecule has 1 spiro atoms. The zero-order chi connectivity index (χ0) is 26.9. The number of aromatic nitrogens is 2. The van der Waals surface area contributed by atoms with Crippen LogP contribution in [0.4, 0.5) is 20.3 Å². The lowest BCUT2D eigenvalue weighted by atomic mass is 9.79. The second-order valence-corrected chi connectivity index (χ2v) is 11.2. The molecule has 3 aromatic rings. The predicted molar refractivity (Wildman–Crippen MR) is 141 cm³/mol. The van der Waals surface area contributed by atoms with E-state index in [0.29, 0.717) is 16.9 Å². The van der Waals surface area contributed by atoms with E-state index >= 15 is 8.78 Å². The Morgan fingerprint density at radius 1 is 1.11 bits per heavy atom. The van der Waals surface area contributed by atoms with Crippen LogP contribution in [0.2, 0.25) is 0 Å². The third kappa shape index (κ3) is 3.71. The molecule has 1 fully saturated rings. The highest BCUT2D eigenvalue weighted by atomic mass is 19.3. The Hall–Kier alpha value is -3.13. The molecule has 1 saturated carbocycles. The summed E-state index contributed by atoms with van der Waals surface area (Å²) < 4.78 is 30.1. The van der Waals surface area contributed by atoms with Crippen LogP contribution in [0.3, 0.4) is 0 Å². The number of hydrogen-bond donors (Lipinski definition) is 2. The molecule has 8 heteroatoms. The van der Waals surface area contributed by atoms with Gasteiger partial charge in [-0.3, -0.25) is 4.79 Å². The summed E-state index contributed by atoms with van der Waals surface area (Å²) in [5.41, 5.74) is 0.969. The second kappa shape index (κ2) is 8.45. The van der Waals surface area contributed by atoms with E-state index in [1.807, 2.05) is 27.0 Å². The van der Waals surface area contributed by atoms with Crippen LogP contribution in [0.15, 0.2) is 30.3 Å². The van der Waals surface area contributed by atoms with Crippen molar-refractivity contribution in [3.63, 3.8) is 0 Å². The number of halogens is 2. The van der Waals surface area contributed by atoms with Gasteiger partial charge in [0.2, 0.25) is 5.91 Å². The number of carbonyl (C=O) groups is 1. The number of amides is 1. The number of fused-ring (bicyclic) bond motifs is 3. The van der Waals surface area contributed by atoms with Crippen LogP contribution in [-0.4, -0.2) is 33.9 Å². The van der Waals surface area contributed by atoms with Gasteiger partial charge in [0.15, 0.2) is 5.82 Å². The summed E-state index contributed by atoms with van der Waals surface area (Å²) in [7, 11) is 1.83. The van der Waals surface area contributed by atoms with Crippen molar-refractivity contribution < 1.29 is 18.7 Å². The van der Waals surface area contributed by atoms with E-state index in [4.69, 9.17) is 0 Å². The van der Waals surface area contributed by atoms with E-state index in [2.05, 4.69) is 21.6 Å². The summed E-state index contributed by atoms with van der Waals surface area (Å²) in [6.07, 6.45) is 3.80. The quantitative estimate of drug-likeness (QED) is 0.437. The van der Waals surface area contributed by atoms with Crippen LogP contribution in [-0.2, 0) is 16.1 Å². The molecule has 0 radical (unpaired) electrons. The maximum atomic E-state index is 15.0. The Balaban J connectivity index is 1.57. The molecule has 0 unspecified atom stereocenters. The first kappa shape index (κ1) is 25.5. The van der Waals surface area contributed by atoms with Gasteiger partial charge in [-0.15, -0.1) is 5.10 Å². The molecule has 5 rings (SSSR count). The standard InChI is InChI=1S/C29H34F2N4O2/c1-16-19(10-9-11-22(16)29(30,31)27(4,5)37)17(2)32-25-21-15-24-23(14-20(21)18(3)33-34-25)28(12-7-8-13-28)26(36)35(24)6/h9-11,14-15,17,37H,7-8,12-13H2,1-6H3,(H,32,34)/t17-/m1/s1. The number of aryl methyl sites for hydroxylation is 1. The van der Waals surface area contributed by atoms with Gasteiger partial charge < -0.3 is 15.3 Å². The number of nitrogens with zero attached hydrogens (tertiary/aromatic N) is 3. The third-order valence-electron chi connectivity index (χ3n) is 8.43. The van der Waals surface area contributed by atoms with Crippen molar-refractivity contribution in [2.24, 2.45) is 0 Å². The molecule has 1 amide bonds. The molecular formula is C29H34F2N4O2. The minimum Gasteiger partial charge on any atom is -0.384 e. The van der Waals surface area contributed by atoms with Crippen LogP contribution in [0.1, 0.15) is 80.4 Å². The summed E-state index contributed by atoms with van der Waals surface area (Å²) in [4.78, 5) is 15.1. The van der Waals surface area contributed by atoms with Crippen LogP contribution < -0.4 is 10.2 Å². The zero-order valence-corrected chi connectivity index (χ0v) is 22.2. The Morgan fingerprint density at radius 3 is 2.43 bits per heavy atom. The Labute approximate surface area is 216 Å². The van der Waals surface area contributed by atoms with Gasteiger partial charge in [0.25, 0.3) is 0 Å². The lowest BCUT2D eigenvalue weighted by molar-refractivity contribution is -0.168.